The number of Topliss-reactive ketones (excluding diaryl/α,β-unsaturated/α-hetero) is 1. The molecule has 0 unspecified atom stereocenters. The summed E-state index contributed by atoms with van der Waals surface area (Å²) in [6.07, 6.45) is 0. The number of carbonyl (C=O) groups is 4. The second-order valence-corrected chi connectivity index (χ2v) is 5.65. The monoisotopic (exact) mass is 391 g/mol. The van der Waals surface area contributed by atoms with Crippen molar-refractivity contribution in [1.82, 2.24) is 0 Å². The van der Waals surface area contributed by atoms with Crippen molar-refractivity contribution in [1.29, 1.82) is 0 Å². The summed E-state index contributed by atoms with van der Waals surface area (Å²) < 4.78 is 27.9. The minimum absolute atomic E-state index is 0.00273. The molecule has 0 bridgehead atoms. The fourth-order valence-corrected chi connectivity index (χ4v) is 2.42. The molecule has 28 heavy (non-hydrogen) atoms. The van der Waals surface area contributed by atoms with Crippen molar-refractivity contribution in [2.45, 2.75) is 20.8 Å². The van der Waals surface area contributed by atoms with E-state index < -0.39 is 36.1 Å². The van der Waals surface area contributed by atoms with Gasteiger partial charge in [0.2, 0.25) is 5.88 Å². The molecular formula is C19H18FNO7. The second kappa shape index (κ2) is 8.94. The molecule has 0 fully saturated rings. The Hall–Kier alpha value is -3.49. The first-order chi connectivity index (χ1) is 13.2. The highest BCUT2D eigenvalue weighted by atomic mass is 19.1. The maximum Gasteiger partial charge on any atom is 0.344 e. The Morgan fingerprint density at radius 3 is 2.25 bits per heavy atom. The molecule has 9 heteroatoms. The lowest BCUT2D eigenvalue weighted by atomic mass is 10.1. The van der Waals surface area contributed by atoms with E-state index in [0.717, 1.165) is 12.1 Å². The summed E-state index contributed by atoms with van der Waals surface area (Å²) in [5, 5.41) is 2.29. The maximum absolute atomic E-state index is 12.9. The van der Waals surface area contributed by atoms with Gasteiger partial charge in [0.25, 0.3) is 5.91 Å². The van der Waals surface area contributed by atoms with E-state index in [9.17, 15) is 23.6 Å². The Balaban J connectivity index is 2.11. The van der Waals surface area contributed by atoms with E-state index in [1.807, 2.05) is 0 Å². The van der Waals surface area contributed by atoms with Gasteiger partial charge in [0, 0.05) is 0 Å². The number of anilines is 1. The van der Waals surface area contributed by atoms with Gasteiger partial charge in [-0.05, 0) is 45.0 Å². The third kappa shape index (κ3) is 4.81. The summed E-state index contributed by atoms with van der Waals surface area (Å²) in [5.41, 5.74) is -0.142. The fourth-order valence-electron chi connectivity index (χ4n) is 2.42. The van der Waals surface area contributed by atoms with Crippen LogP contribution in [0, 0.1) is 12.7 Å². The van der Waals surface area contributed by atoms with E-state index in [0.29, 0.717) is 0 Å². The van der Waals surface area contributed by atoms with Gasteiger partial charge in [-0.1, -0.05) is 0 Å². The minimum atomic E-state index is -0.833. The highest BCUT2D eigenvalue weighted by Gasteiger charge is 2.28. The lowest BCUT2D eigenvalue weighted by Crippen LogP contribution is -2.22. The van der Waals surface area contributed by atoms with Crippen LogP contribution in [0.1, 0.15) is 50.7 Å². The highest BCUT2D eigenvalue weighted by Crippen LogP contribution is 2.28. The molecule has 0 aliphatic carbocycles. The van der Waals surface area contributed by atoms with Gasteiger partial charge >= 0.3 is 11.9 Å². The molecule has 0 spiro atoms. The topological polar surface area (TPSA) is 112 Å². The summed E-state index contributed by atoms with van der Waals surface area (Å²) in [6.45, 7) is 3.67. The quantitative estimate of drug-likeness (QED) is 0.570. The largest absolute Gasteiger partial charge is 0.462 e. The van der Waals surface area contributed by atoms with Crippen LogP contribution in [0.2, 0.25) is 0 Å². The van der Waals surface area contributed by atoms with Crippen molar-refractivity contribution >= 4 is 29.5 Å². The number of rotatable bonds is 7. The highest BCUT2D eigenvalue weighted by molar-refractivity contribution is 6.10. The molecule has 0 aliphatic heterocycles. The van der Waals surface area contributed by atoms with Crippen molar-refractivity contribution in [2.75, 3.05) is 18.5 Å². The predicted molar refractivity (Wildman–Crippen MR) is 94.7 cm³/mol. The second-order valence-electron chi connectivity index (χ2n) is 5.65. The molecule has 0 saturated carbocycles. The van der Waals surface area contributed by atoms with Crippen LogP contribution in [0.25, 0.3) is 0 Å². The van der Waals surface area contributed by atoms with Crippen molar-refractivity contribution in [3.05, 3.63) is 52.5 Å². The van der Waals surface area contributed by atoms with Crippen LogP contribution < -0.4 is 5.32 Å². The van der Waals surface area contributed by atoms with Crippen LogP contribution in [0.4, 0.5) is 10.3 Å². The smallest absolute Gasteiger partial charge is 0.344 e. The number of ether oxygens (including phenoxy) is 2. The summed E-state index contributed by atoms with van der Waals surface area (Å²) in [5.74, 6) is -3.56. The molecular weight excluding hydrogens is 373 g/mol. The normalized spacial score (nSPS) is 10.3. The van der Waals surface area contributed by atoms with Crippen molar-refractivity contribution in [3.63, 3.8) is 0 Å². The Kier molecular flexibility index (Phi) is 6.64. The van der Waals surface area contributed by atoms with E-state index in [1.165, 1.54) is 26.0 Å². The Bertz CT molecular complexity index is 915. The zero-order valence-corrected chi connectivity index (χ0v) is 15.5. The number of aryl methyl sites for hydroxylation is 1. The Morgan fingerprint density at radius 2 is 1.68 bits per heavy atom. The number of ketones is 1. The first kappa shape index (κ1) is 20.8. The summed E-state index contributed by atoms with van der Waals surface area (Å²) in [4.78, 5) is 47.9. The van der Waals surface area contributed by atoms with Gasteiger partial charge in [0.15, 0.2) is 12.4 Å². The number of hydrogen-bond acceptors (Lipinski definition) is 7. The van der Waals surface area contributed by atoms with Crippen LogP contribution in [0.3, 0.4) is 0 Å². The molecule has 0 atom stereocenters. The van der Waals surface area contributed by atoms with Gasteiger partial charge in [-0.3, -0.25) is 14.9 Å². The molecule has 1 amide bonds. The predicted octanol–water partition coefficient (Wildman–Crippen LogP) is 2.90. The molecule has 1 N–H and O–H groups in total. The molecule has 0 radical (unpaired) electrons. The number of nitrogens with one attached hydrogen (secondary N) is 1. The van der Waals surface area contributed by atoms with Gasteiger partial charge in [-0.25, -0.2) is 14.0 Å². The molecule has 1 heterocycles. The third-order valence-corrected chi connectivity index (χ3v) is 3.58. The summed E-state index contributed by atoms with van der Waals surface area (Å²) in [6, 6.07) is 4.58. The van der Waals surface area contributed by atoms with Gasteiger partial charge < -0.3 is 13.9 Å². The van der Waals surface area contributed by atoms with E-state index >= 15 is 0 Å². The lowest BCUT2D eigenvalue weighted by molar-refractivity contribution is -0.119. The molecule has 0 saturated heterocycles. The molecule has 2 aromatic rings. The number of benzene rings is 1. The number of amides is 1. The van der Waals surface area contributed by atoms with E-state index in [2.05, 4.69) is 5.32 Å². The molecule has 148 valence electrons. The van der Waals surface area contributed by atoms with E-state index in [-0.39, 0.29) is 34.9 Å². The fraction of sp³-hybridized carbons (Fsp3) is 0.263. The molecule has 1 aromatic heterocycles. The van der Waals surface area contributed by atoms with Gasteiger partial charge in [0.05, 0.1) is 17.7 Å². The molecule has 2 rings (SSSR count). The standard InChI is InChI=1S/C19H18FNO7/c1-4-26-19(25)16-15(10(2)22)11(3)28-17(16)21-14(23)9-27-18(24)12-5-7-13(20)8-6-12/h5-8H,4,9H2,1-3H3,(H,21,23). The van der Waals surface area contributed by atoms with Crippen LogP contribution in [0.5, 0.6) is 0 Å². The van der Waals surface area contributed by atoms with E-state index in [1.54, 1.807) is 6.92 Å². The Morgan fingerprint density at radius 1 is 1.04 bits per heavy atom. The third-order valence-electron chi connectivity index (χ3n) is 3.58. The molecule has 0 aliphatic rings. The maximum atomic E-state index is 12.9. The number of halogens is 1. The number of carbonyl (C=O) groups excluding carboxylic acids is 4. The van der Waals surface area contributed by atoms with E-state index in [4.69, 9.17) is 13.9 Å². The first-order valence-electron chi connectivity index (χ1n) is 8.28. The number of furan rings is 1. The zero-order valence-electron chi connectivity index (χ0n) is 15.5. The molecule has 8 nitrogen and oxygen atoms in total. The number of esters is 2. The zero-order chi connectivity index (χ0) is 20.8. The lowest BCUT2D eigenvalue weighted by Gasteiger charge is -2.07. The van der Waals surface area contributed by atoms with Crippen LogP contribution in [0.15, 0.2) is 28.7 Å². The van der Waals surface area contributed by atoms with Crippen molar-refractivity contribution in [2.24, 2.45) is 0 Å². The first-order valence-corrected chi connectivity index (χ1v) is 8.28. The van der Waals surface area contributed by atoms with Crippen LogP contribution in [-0.4, -0.2) is 36.8 Å². The van der Waals surface area contributed by atoms with Crippen LogP contribution in [-0.2, 0) is 14.3 Å². The SMILES string of the molecule is CCOC(=O)c1c(NC(=O)COC(=O)c2ccc(F)cc2)oc(C)c1C(C)=O. The average Bonchev–Trinajstić information content (AvgIpc) is 2.96. The minimum Gasteiger partial charge on any atom is -0.462 e. The number of hydrogen-bond donors (Lipinski definition) is 1. The summed E-state index contributed by atoms with van der Waals surface area (Å²) >= 11 is 0. The van der Waals surface area contributed by atoms with Crippen LogP contribution >= 0.6 is 0 Å². The van der Waals surface area contributed by atoms with Gasteiger partial charge in [-0.2, -0.15) is 0 Å². The Labute approximate surface area is 159 Å². The summed E-state index contributed by atoms with van der Waals surface area (Å²) in [7, 11) is 0. The van der Waals surface area contributed by atoms with Gasteiger partial charge in [0.1, 0.15) is 17.1 Å². The van der Waals surface area contributed by atoms with Gasteiger partial charge in [-0.15, -0.1) is 0 Å². The van der Waals surface area contributed by atoms with Crippen molar-refractivity contribution in [3.8, 4) is 0 Å². The average molecular weight is 391 g/mol. The molecule has 1 aromatic carbocycles. The van der Waals surface area contributed by atoms with Crippen molar-refractivity contribution < 1.29 is 37.5 Å².